The lowest BCUT2D eigenvalue weighted by Gasteiger charge is -2.12. The van der Waals surface area contributed by atoms with Crippen molar-refractivity contribution in [1.29, 1.82) is 0 Å². The third-order valence-corrected chi connectivity index (χ3v) is 3.41. The molecule has 0 fully saturated rings. The first kappa shape index (κ1) is 19.5. The lowest BCUT2D eigenvalue weighted by atomic mass is 10.2. The van der Waals surface area contributed by atoms with Crippen LogP contribution in [0.5, 0.6) is 11.6 Å². The molecule has 1 N–H and O–H groups in total. The Bertz CT molecular complexity index is 773. The molecule has 0 saturated heterocycles. The predicted molar refractivity (Wildman–Crippen MR) is 91.6 cm³/mol. The van der Waals surface area contributed by atoms with Gasteiger partial charge in [0.05, 0.1) is 5.56 Å². The van der Waals surface area contributed by atoms with Crippen molar-refractivity contribution >= 4 is 5.91 Å². The molecule has 2 rings (SSSR count). The van der Waals surface area contributed by atoms with Crippen molar-refractivity contribution in [2.75, 3.05) is 0 Å². The Labute approximate surface area is 149 Å². The van der Waals surface area contributed by atoms with Gasteiger partial charge in [0.15, 0.2) is 0 Å². The predicted octanol–water partition coefficient (Wildman–Crippen LogP) is 4.87. The normalized spacial score (nSPS) is 11.5. The van der Waals surface area contributed by atoms with Crippen molar-refractivity contribution in [3.8, 4) is 11.6 Å². The van der Waals surface area contributed by atoms with Crippen LogP contribution >= 0.6 is 0 Å². The standard InChI is InChI=1S/C19H19F3N2O2/c1-2-3-4-10-17(25)24-13-14-7-6-11-23-18(14)26-16-9-5-8-15(12-16)19(20,21)22/h3-9,11-12H,2,10,13H2,1H3,(H,24,25). The van der Waals surface area contributed by atoms with E-state index < -0.39 is 11.7 Å². The van der Waals surface area contributed by atoms with Crippen LogP contribution in [0.4, 0.5) is 13.2 Å². The van der Waals surface area contributed by atoms with Gasteiger partial charge in [0.25, 0.3) is 0 Å². The number of alkyl halides is 3. The zero-order valence-electron chi connectivity index (χ0n) is 14.2. The quantitative estimate of drug-likeness (QED) is 0.714. The number of amides is 1. The molecule has 0 aliphatic rings. The van der Waals surface area contributed by atoms with Crippen molar-refractivity contribution < 1.29 is 22.7 Å². The van der Waals surface area contributed by atoms with Crippen LogP contribution in [0.15, 0.2) is 54.7 Å². The topological polar surface area (TPSA) is 51.2 Å². The Hall–Kier alpha value is -2.83. The summed E-state index contributed by atoms with van der Waals surface area (Å²) in [7, 11) is 0. The summed E-state index contributed by atoms with van der Waals surface area (Å²) < 4.78 is 43.9. The van der Waals surface area contributed by atoms with Crippen LogP contribution in [-0.2, 0) is 17.5 Å². The molecule has 4 nitrogen and oxygen atoms in total. The maximum atomic E-state index is 12.8. The molecule has 0 aliphatic carbocycles. The van der Waals surface area contributed by atoms with Gasteiger partial charge in [-0.25, -0.2) is 4.98 Å². The van der Waals surface area contributed by atoms with Crippen molar-refractivity contribution in [3.63, 3.8) is 0 Å². The maximum absolute atomic E-state index is 12.8. The number of carbonyl (C=O) groups is 1. The Kier molecular flexibility index (Phi) is 6.77. The average molecular weight is 364 g/mol. The molecule has 1 aromatic carbocycles. The number of hydrogen-bond donors (Lipinski definition) is 1. The molecule has 1 aromatic heterocycles. The summed E-state index contributed by atoms with van der Waals surface area (Å²) in [6, 6.07) is 7.92. The summed E-state index contributed by atoms with van der Waals surface area (Å²) in [5.41, 5.74) is -0.235. The second-order valence-corrected chi connectivity index (χ2v) is 5.46. The molecule has 0 radical (unpaired) electrons. The van der Waals surface area contributed by atoms with Gasteiger partial charge >= 0.3 is 6.18 Å². The number of nitrogens with one attached hydrogen (secondary N) is 1. The molecule has 0 aliphatic heterocycles. The molecule has 0 unspecified atom stereocenters. The molecule has 26 heavy (non-hydrogen) atoms. The van der Waals surface area contributed by atoms with E-state index in [1.54, 1.807) is 18.2 Å². The molecule has 138 valence electrons. The van der Waals surface area contributed by atoms with Gasteiger partial charge in [-0.05, 0) is 30.7 Å². The number of halogens is 3. The highest BCUT2D eigenvalue weighted by Crippen LogP contribution is 2.32. The van der Waals surface area contributed by atoms with Gasteiger partial charge in [-0.15, -0.1) is 0 Å². The number of aromatic nitrogens is 1. The van der Waals surface area contributed by atoms with E-state index in [0.29, 0.717) is 5.56 Å². The number of allylic oxidation sites excluding steroid dienone is 1. The van der Waals surface area contributed by atoms with E-state index in [0.717, 1.165) is 18.6 Å². The maximum Gasteiger partial charge on any atom is 0.416 e. The SMILES string of the molecule is CCC=CCC(=O)NCc1cccnc1Oc1cccc(C(F)(F)F)c1. The number of ether oxygens (including phenoxy) is 1. The molecule has 0 atom stereocenters. The number of hydrogen-bond acceptors (Lipinski definition) is 3. The van der Waals surface area contributed by atoms with E-state index in [9.17, 15) is 18.0 Å². The summed E-state index contributed by atoms with van der Waals surface area (Å²) in [5.74, 6) is 0.0109. The monoisotopic (exact) mass is 364 g/mol. The molecular formula is C19H19F3N2O2. The lowest BCUT2D eigenvalue weighted by Crippen LogP contribution is -2.22. The fourth-order valence-electron chi connectivity index (χ4n) is 2.12. The van der Waals surface area contributed by atoms with Crippen molar-refractivity contribution in [2.45, 2.75) is 32.5 Å². The molecule has 0 bridgehead atoms. The zero-order chi connectivity index (χ0) is 19.0. The van der Waals surface area contributed by atoms with Crippen molar-refractivity contribution in [1.82, 2.24) is 10.3 Å². The number of pyridine rings is 1. The minimum absolute atomic E-state index is 0.0250. The summed E-state index contributed by atoms with van der Waals surface area (Å²) >= 11 is 0. The molecule has 1 amide bonds. The van der Waals surface area contributed by atoms with Gasteiger partial charge in [0.1, 0.15) is 5.75 Å². The second-order valence-electron chi connectivity index (χ2n) is 5.46. The Morgan fingerprint density at radius 1 is 1.23 bits per heavy atom. The van der Waals surface area contributed by atoms with Gasteiger partial charge in [0.2, 0.25) is 11.8 Å². The largest absolute Gasteiger partial charge is 0.439 e. The van der Waals surface area contributed by atoms with Crippen LogP contribution in [0.2, 0.25) is 0 Å². The smallest absolute Gasteiger partial charge is 0.416 e. The fraction of sp³-hybridized carbons (Fsp3) is 0.263. The van der Waals surface area contributed by atoms with E-state index >= 15 is 0 Å². The van der Waals surface area contributed by atoms with Gasteiger partial charge in [-0.1, -0.05) is 31.2 Å². The molecular weight excluding hydrogens is 345 g/mol. The zero-order valence-corrected chi connectivity index (χ0v) is 14.2. The first-order chi connectivity index (χ1) is 12.4. The van der Waals surface area contributed by atoms with Gasteiger partial charge < -0.3 is 10.1 Å². The average Bonchev–Trinajstić information content (AvgIpc) is 2.61. The molecule has 7 heteroatoms. The van der Waals surface area contributed by atoms with Gasteiger partial charge in [0, 0.05) is 24.7 Å². The number of nitrogens with zero attached hydrogens (tertiary/aromatic N) is 1. The minimum atomic E-state index is -4.45. The number of rotatable bonds is 7. The van der Waals surface area contributed by atoms with Crippen LogP contribution in [-0.4, -0.2) is 10.9 Å². The van der Waals surface area contributed by atoms with Crippen LogP contribution in [0.1, 0.15) is 30.9 Å². The van der Waals surface area contributed by atoms with Crippen LogP contribution in [0.3, 0.4) is 0 Å². The Morgan fingerprint density at radius 3 is 2.77 bits per heavy atom. The van der Waals surface area contributed by atoms with Crippen molar-refractivity contribution in [2.24, 2.45) is 0 Å². The summed E-state index contributed by atoms with van der Waals surface area (Å²) in [6.07, 6.45) is 1.80. The van der Waals surface area contributed by atoms with E-state index in [-0.39, 0.29) is 30.5 Å². The van der Waals surface area contributed by atoms with Crippen molar-refractivity contribution in [3.05, 3.63) is 65.9 Å². The highest BCUT2D eigenvalue weighted by Gasteiger charge is 2.30. The fourth-order valence-corrected chi connectivity index (χ4v) is 2.12. The first-order valence-electron chi connectivity index (χ1n) is 8.11. The highest BCUT2D eigenvalue weighted by atomic mass is 19.4. The van der Waals surface area contributed by atoms with Crippen LogP contribution < -0.4 is 10.1 Å². The van der Waals surface area contributed by atoms with E-state index in [4.69, 9.17) is 4.74 Å². The minimum Gasteiger partial charge on any atom is -0.439 e. The van der Waals surface area contributed by atoms with Crippen LogP contribution in [0, 0.1) is 0 Å². The Morgan fingerprint density at radius 2 is 2.04 bits per heavy atom. The van der Waals surface area contributed by atoms with E-state index in [1.807, 2.05) is 13.0 Å². The molecule has 0 spiro atoms. The Balaban J connectivity index is 2.07. The van der Waals surface area contributed by atoms with Crippen LogP contribution in [0.25, 0.3) is 0 Å². The van der Waals surface area contributed by atoms with E-state index in [2.05, 4.69) is 10.3 Å². The first-order valence-corrected chi connectivity index (χ1v) is 8.11. The van der Waals surface area contributed by atoms with E-state index in [1.165, 1.54) is 18.3 Å². The summed E-state index contributed by atoms with van der Waals surface area (Å²) in [5, 5.41) is 2.73. The summed E-state index contributed by atoms with van der Waals surface area (Å²) in [6.45, 7) is 2.14. The third kappa shape index (κ3) is 5.91. The van der Waals surface area contributed by atoms with Gasteiger partial charge in [-0.2, -0.15) is 13.2 Å². The molecule has 2 aromatic rings. The highest BCUT2D eigenvalue weighted by molar-refractivity contribution is 5.77. The lowest BCUT2D eigenvalue weighted by molar-refractivity contribution is -0.137. The molecule has 0 saturated carbocycles. The number of benzene rings is 1. The third-order valence-electron chi connectivity index (χ3n) is 3.41. The van der Waals surface area contributed by atoms with Gasteiger partial charge in [-0.3, -0.25) is 4.79 Å². The second kappa shape index (κ2) is 9.03. The number of carbonyl (C=O) groups excluding carboxylic acids is 1. The summed E-state index contributed by atoms with van der Waals surface area (Å²) in [4.78, 5) is 15.8. The molecule has 1 heterocycles.